The maximum absolute atomic E-state index is 12.0. The van der Waals surface area contributed by atoms with Gasteiger partial charge in [0, 0.05) is 19.1 Å². The molecule has 0 aliphatic carbocycles. The third kappa shape index (κ3) is 13.8. The Labute approximate surface area is 110 Å². The highest BCUT2D eigenvalue weighted by Crippen LogP contribution is 2.23. The Morgan fingerprint density at radius 2 is 1.84 bits per heavy atom. The van der Waals surface area contributed by atoms with Gasteiger partial charge in [0.05, 0.1) is 0 Å². The number of hydrogen-bond donors (Lipinski definition) is 1. The van der Waals surface area contributed by atoms with Gasteiger partial charge in [-0.05, 0) is 32.2 Å². The van der Waals surface area contributed by atoms with Gasteiger partial charge in [-0.3, -0.25) is 0 Å². The molecule has 0 radical (unpaired) electrons. The average Bonchev–Trinajstić information content (AvgIpc) is 2.28. The van der Waals surface area contributed by atoms with E-state index in [1.54, 1.807) is 0 Å². The fourth-order valence-corrected chi connectivity index (χ4v) is 1.64. The van der Waals surface area contributed by atoms with Crippen molar-refractivity contribution in [2.75, 3.05) is 19.8 Å². The van der Waals surface area contributed by atoms with Crippen LogP contribution in [-0.2, 0) is 4.74 Å². The summed E-state index contributed by atoms with van der Waals surface area (Å²) in [6.45, 7) is 2.17. The van der Waals surface area contributed by atoms with Gasteiger partial charge in [-0.15, -0.1) is 0 Å². The number of halogens is 5. The van der Waals surface area contributed by atoms with Gasteiger partial charge in [-0.1, -0.05) is 6.92 Å². The van der Waals surface area contributed by atoms with E-state index in [1.165, 1.54) is 0 Å². The Bertz CT molecular complexity index is 211. The van der Waals surface area contributed by atoms with Gasteiger partial charge in [0.2, 0.25) is 0 Å². The van der Waals surface area contributed by atoms with Crippen LogP contribution < -0.4 is 5.32 Å². The third-order valence-corrected chi connectivity index (χ3v) is 2.55. The molecule has 1 unspecified atom stereocenters. The van der Waals surface area contributed by atoms with Crippen molar-refractivity contribution < 1.29 is 26.7 Å². The maximum Gasteiger partial charge on any atom is 0.389 e. The molecule has 19 heavy (non-hydrogen) atoms. The number of rotatable bonds is 11. The van der Waals surface area contributed by atoms with Crippen LogP contribution in [0.4, 0.5) is 22.0 Å². The van der Waals surface area contributed by atoms with Crippen LogP contribution >= 0.6 is 0 Å². The molecule has 0 amide bonds. The second-order valence-corrected chi connectivity index (χ2v) is 4.41. The highest BCUT2D eigenvalue weighted by atomic mass is 19.4. The van der Waals surface area contributed by atoms with Crippen LogP contribution in [0, 0.1) is 0 Å². The molecule has 116 valence electrons. The van der Waals surface area contributed by atoms with Crippen LogP contribution in [0.3, 0.4) is 0 Å². The summed E-state index contributed by atoms with van der Waals surface area (Å²) in [4.78, 5) is 0. The van der Waals surface area contributed by atoms with Crippen LogP contribution in [0.5, 0.6) is 0 Å². The summed E-state index contributed by atoms with van der Waals surface area (Å²) < 4.78 is 64.5. The van der Waals surface area contributed by atoms with E-state index >= 15 is 0 Å². The lowest BCUT2D eigenvalue weighted by molar-refractivity contribution is -0.135. The molecular weight excluding hydrogens is 269 g/mol. The first-order chi connectivity index (χ1) is 8.85. The van der Waals surface area contributed by atoms with E-state index < -0.39 is 25.6 Å². The molecule has 0 aromatic rings. The van der Waals surface area contributed by atoms with Gasteiger partial charge in [0.1, 0.15) is 6.61 Å². The summed E-state index contributed by atoms with van der Waals surface area (Å²) in [5, 5.41) is 3.11. The highest BCUT2D eigenvalue weighted by Gasteiger charge is 2.26. The molecule has 0 saturated carbocycles. The summed E-state index contributed by atoms with van der Waals surface area (Å²) in [5.74, 6) is 0. The predicted molar refractivity (Wildman–Crippen MR) is 63.4 cm³/mol. The first-order valence-corrected chi connectivity index (χ1v) is 6.51. The fourth-order valence-electron chi connectivity index (χ4n) is 1.64. The van der Waals surface area contributed by atoms with Crippen LogP contribution in [0.25, 0.3) is 0 Å². The molecule has 1 atom stereocenters. The molecule has 0 heterocycles. The average molecular weight is 291 g/mol. The zero-order valence-electron chi connectivity index (χ0n) is 11.1. The van der Waals surface area contributed by atoms with Crippen molar-refractivity contribution in [3.8, 4) is 0 Å². The molecular formula is C12H22F5NO. The highest BCUT2D eigenvalue weighted by molar-refractivity contribution is 4.67. The Kier molecular flexibility index (Phi) is 10.1. The minimum atomic E-state index is -4.14. The van der Waals surface area contributed by atoms with Crippen LogP contribution in [0.2, 0.25) is 0 Å². The molecule has 0 aliphatic heterocycles. The lowest BCUT2D eigenvalue weighted by Crippen LogP contribution is -2.31. The first kappa shape index (κ1) is 18.6. The largest absolute Gasteiger partial charge is 0.389 e. The standard InChI is InChI=1S/C12H22F5NO/c1-2-7-18-10(4-3-6-12(15,16)17)5-8-19-9-11(13)14/h10-11,18H,2-9H2,1H3. The lowest BCUT2D eigenvalue weighted by Gasteiger charge is -2.19. The molecule has 2 nitrogen and oxygen atoms in total. The lowest BCUT2D eigenvalue weighted by atomic mass is 10.1. The third-order valence-electron chi connectivity index (χ3n) is 2.55. The molecule has 0 bridgehead atoms. The van der Waals surface area contributed by atoms with E-state index in [4.69, 9.17) is 4.74 Å². The van der Waals surface area contributed by atoms with Gasteiger partial charge >= 0.3 is 6.18 Å². The number of alkyl halides is 5. The minimum Gasteiger partial charge on any atom is -0.375 e. The molecule has 0 aromatic heterocycles. The SMILES string of the molecule is CCCNC(CCCC(F)(F)F)CCOCC(F)F. The van der Waals surface area contributed by atoms with Crippen molar-refractivity contribution >= 4 is 0 Å². The Morgan fingerprint density at radius 1 is 1.16 bits per heavy atom. The van der Waals surface area contributed by atoms with E-state index in [2.05, 4.69) is 5.32 Å². The molecule has 0 rings (SSSR count). The maximum atomic E-state index is 12.0. The second kappa shape index (κ2) is 10.4. The summed E-state index contributed by atoms with van der Waals surface area (Å²) in [5.41, 5.74) is 0. The quantitative estimate of drug-likeness (QED) is 0.462. The molecule has 7 heteroatoms. The van der Waals surface area contributed by atoms with Crippen molar-refractivity contribution in [3.05, 3.63) is 0 Å². The zero-order chi connectivity index (χ0) is 14.7. The Balaban J connectivity index is 3.81. The van der Waals surface area contributed by atoms with Crippen LogP contribution in [-0.4, -0.2) is 38.4 Å². The molecule has 0 aliphatic rings. The van der Waals surface area contributed by atoms with Crippen LogP contribution in [0.1, 0.15) is 39.0 Å². The normalized spacial score (nSPS) is 14.1. The Morgan fingerprint density at radius 3 is 2.37 bits per heavy atom. The summed E-state index contributed by atoms with van der Waals surface area (Å²) in [6, 6.07) is -0.111. The number of ether oxygens (including phenoxy) is 1. The molecule has 1 N–H and O–H groups in total. The van der Waals surface area contributed by atoms with E-state index in [9.17, 15) is 22.0 Å². The van der Waals surface area contributed by atoms with Crippen molar-refractivity contribution in [2.45, 2.75) is 57.7 Å². The smallest absolute Gasteiger partial charge is 0.375 e. The van der Waals surface area contributed by atoms with E-state index in [0.29, 0.717) is 19.4 Å². The van der Waals surface area contributed by atoms with Gasteiger partial charge in [0.25, 0.3) is 6.43 Å². The topological polar surface area (TPSA) is 21.3 Å². The molecule has 0 aromatic carbocycles. The van der Waals surface area contributed by atoms with Gasteiger partial charge in [0.15, 0.2) is 0 Å². The van der Waals surface area contributed by atoms with E-state index in [-0.39, 0.29) is 19.1 Å². The van der Waals surface area contributed by atoms with Gasteiger partial charge in [-0.2, -0.15) is 13.2 Å². The predicted octanol–water partition coefficient (Wildman–Crippen LogP) is 3.76. The van der Waals surface area contributed by atoms with Crippen molar-refractivity contribution in [2.24, 2.45) is 0 Å². The summed E-state index contributed by atoms with van der Waals surface area (Å²) in [7, 11) is 0. The molecule has 0 fully saturated rings. The van der Waals surface area contributed by atoms with Gasteiger partial charge < -0.3 is 10.1 Å². The Hall–Kier alpha value is -0.430. The monoisotopic (exact) mass is 291 g/mol. The van der Waals surface area contributed by atoms with E-state index in [1.807, 2.05) is 6.92 Å². The zero-order valence-corrected chi connectivity index (χ0v) is 11.1. The van der Waals surface area contributed by atoms with Crippen molar-refractivity contribution in [1.29, 1.82) is 0 Å². The van der Waals surface area contributed by atoms with Gasteiger partial charge in [-0.25, -0.2) is 8.78 Å². The fraction of sp³-hybridized carbons (Fsp3) is 1.00. The first-order valence-electron chi connectivity index (χ1n) is 6.51. The molecule has 0 spiro atoms. The van der Waals surface area contributed by atoms with Crippen molar-refractivity contribution in [1.82, 2.24) is 5.32 Å². The van der Waals surface area contributed by atoms with Crippen molar-refractivity contribution in [3.63, 3.8) is 0 Å². The summed E-state index contributed by atoms with van der Waals surface area (Å²) in [6.07, 6.45) is -5.72. The number of hydrogen-bond acceptors (Lipinski definition) is 2. The second-order valence-electron chi connectivity index (χ2n) is 4.41. The van der Waals surface area contributed by atoms with Crippen LogP contribution in [0.15, 0.2) is 0 Å². The minimum absolute atomic E-state index is 0.0414. The number of nitrogens with one attached hydrogen (secondary N) is 1. The summed E-state index contributed by atoms with van der Waals surface area (Å²) >= 11 is 0. The molecule has 0 saturated heterocycles. The van der Waals surface area contributed by atoms with E-state index in [0.717, 1.165) is 6.42 Å².